The lowest BCUT2D eigenvalue weighted by Crippen LogP contribution is -2.49. The number of benzene rings is 1. The Labute approximate surface area is 149 Å². The first kappa shape index (κ1) is 18.1. The van der Waals surface area contributed by atoms with Gasteiger partial charge >= 0.3 is 0 Å². The molecule has 5 heteroatoms. The zero-order valence-corrected chi connectivity index (χ0v) is 15.2. The molecular formula is C19H28ClFN2O. The maximum absolute atomic E-state index is 13.6. The van der Waals surface area contributed by atoms with E-state index in [2.05, 4.69) is 16.8 Å². The summed E-state index contributed by atoms with van der Waals surface area (Å²) in [6, 6.07) is 4.72. The highest BCUT2D eigenvalue weighted by Gasteiger charge is 2.40. The lowest BCUT2D eigenvalue weighted by Gasteiger charge is -2.41. The van der Waals surface area contributed by atoms with Crippen LogP contribution < -0.4 is 0 Å². The van der Waals surface area contributed by atoms with Crippen molar-refractivity contribution in [1.82, 2.24) is 9.80 Å². The van der Waals surface area contributed by atoms with E-state index >= 15 is 0 Å². The summed E-state index contributed by atoms with van der Waals surface area (Å²) >= 11 is 5.99. The predicted octanol–water partition coefficient (Wildman–Crippen LogP) is 3.49. The van der Waals surface area contributed by atoms with Crippen LogP contribution in [0.15, 0.2) is 18.2 Å². The van der Waals surface area contributed by atoms with Gasteiger partial charge in [-0.05, 0) is 37.6 Å². The van der Waals surface area contributed by atoms with Crippen molar-refractivity contribution in [2.24, 2.45) is 5.92 Å². The highest BCUT2D eigenvalue weighted by Crippen LogP contribution is 2.42. The number of rotatable bonds is 3. The third-order valence-electron chi connectivity index (χ3n) is 5.78. The Hall–Kier alpha value is -0.680. The maximum atomic E-state index is 13.6. The van der Waals surface area contributed by atoms with Crippen LogP contribution >= 0.6 is 11.6 Å². The first-order chi connectivity index (χ1) is 11.5. The van der Waals surface area contributed by atoms with Crippen LogP contribution in [0.5, 0.6) is 0 Å². The summed E-state index contributed by atoms with van der Waals surface area (Å²) in [4.78, 5) is 4.81. The van der Waals surface area contributed by atoms with E-state index in [9.17, 15) is 9.50 Å². The van der Waals surface area contributed by atoms with Crippen molar-refractivity contribution < 1.29 is 9.50 Å². The molecular weight excluding hydrogens is 327 g/mol. The van der Waals surface area contributed by atoms with Crippen molar-refractivity contribution >= 4 is 11.6 Å². The summed E-state index contributed by atoms with van der Waals surface area (Å²) < 4.78 is 13.6. The Balaban J connectivity index is 1.81. The minimum Gasteiger partial charge on any atom is -0.385 e. The maximum Gasteiger partial charge on any atom is 0.141 e. The molecule has 134 valence electrons. The number of hydrogen-bond acceptors (Lipinski definition) is 3. The van der Waals surface area contributed by atoms with Gasteiger partial charge in [0.2, 0.25) is 0 Å². The first-order valence-electron chi connectivity index (χ1n) is 9.08. The van der Waals surface area contributed by atoms with Gasteiger partial charge in [-0.15, -0.1) is 0 Å². The van der Waals surface area contributed by atoms with Crippen LogP contribution in [0.2, 0.25) is 5.02 Å². The SMILES string of the molecule is CN1CCN(CC2CCCCCC2(O)c2ccc(F)c(Cl)c2)CC1. The van der Waals surface area contributed by atoms with E-state index in [1.165, 1.54) is 6.07 Å². The molecule has 1 saturated carbocycles. The van der Waals surface area contributed by atoms with Gasteiger partial charge in [-0.2, -0.15) is 0 Å². The number of nitrogens with zero attached hydrogens (tertiary/aromatic N) is 2. The van der Waals surface area contributed by atoms with E-state index in [-0.39, 0.29) is 10.9 Å². The molecule has 1 heterocycles. The topological polar surface area (TPSA) is 26.7 Å². The molecule has 3 nitrogen and oxygen atoms in total. The molecule has 1 aromatic carbocycles. The lowest BCUT2D eigenvalue weighted by molar-refractivity contribution is -0.0465. The monoisotopic (exact) mass is 354 g/mol. The fraction of sp³-hybridized carbons (Fsp3) is 0.684. The fourth-order valence-corrected chi connectivity index (χ4v) is 4.32. The molecule has 0 amide bonds. The van der Waals surface area contributed by atoms with Crippen molar-refractivity contribution in [3.63, 3.8) is 0 Å². The van der Waals surface area contributed by atoms with E-state index in [0.717, 1.165) is 70.4 Å². The molecule has 0 spiro atoms. The molecule has 2 atom stereocenters. The highest BCUT2D eigenvalue weighted by atomic mass is 35.5. The Morgan fingerprint density at radius 2 is 1.96 bits per heavy atom. The van der Waals surface area contributed by atoms with Gasteiger partial charge in [0, 0.05) is 38.6 Å². The molecule has 2 unspecified atom stereocenters. The third-order valence-corrected chi connectivity index (χ3v) is 6.07. The molecule has 1 aromatic rings. The van der Waals surface area contributed by atoms with Crippen LogP contribution in [0.3, 0.4) is 0 Å². The molecule has 2 fully saturated rings. The summed E-state index contributed by atoms with van der Waals surface area (Å²) in [6.07, 6.45) is 5.04. The molecule has 3 rings (SSSR count). The molecule has 1 aliphatic heterocycles. The van der Waals surface area contributed by atoms with Crippen LogP contribution in [-0.2, 0) is 5.60 Å². The predicted molar refractivity (Wildman–Crippen MR) is 95.8 cm³/mol. The van der Waals surface area contributed by atoms with Crippen LogP contribution in [0.4, 0.5) is 4.39 Å². The Bertz CT molecular complexity index is 562. The van der Waals surface area contributed by atoms with Gasteiger partial charge in [0.25, 0.3) is 0 Å². The Kier molecular flexibility index (Phi) is 5.81. The zero-order chi connectivity index (χ0) is 17.2. The van der Waals surface area contributed by atoms with E-state index in [1.54, 1.807) is 12.1 Å². The molecule has 0 aromatic heterocycles. The van der Waals surface area contributed by atoms with Crippen molar-refractivity contribution in [1.29, 1.82) is 0 Å². The summed E-state index contributed by atoms with van der Waals surface area (Å²) in [7, 11) is 2.15. The normalized spacial score (nSPS) is 30.2. The molecule has 0 bridgehead atoms. The average Bonchev–Trinajstić information content (AvgIpc) is 2.75. The molecule has 24 heavy (non-hydrogen) atoms. The molecule has 0 radical (unpaired) electrons. The van der Waals surface area contributed by atoms with Crippen LogP contribution in [0.1, 0.15) is 37.7 Å². The molecule has 1 saturated heterocycles. The van der Waals surface area contributed by atoms with E-state index in [0.29, 0.717) is 0 Å². The van der Waals surface area contributed by atoms with E-state index in [1.807, 2.05) is 0 Å². The molecule has 1 N–H and O–H groups in total. The average molecular weight is 355 g/mol. The molecule has 1 aliphatic carbocycles. The van der Waals surface area contributed by atoms with E-state index < -0.39 is 11.4 Å². The quantitative estimate of drug-likeness (QED) is 0.842. The first-order valence-corrected chi connectivity index (χ1v) is 9.45. The number of piperazine rings is 1. The fourth-order valence-electron chi connectivity index (χ4n) is 4.13. The minimum absolute atomic E-state index is 0.100. The van der Waals surface area contributed by atoms with Gasteiger partial charge in [-0.3, -0.25) is 0 Å². The molecule has 2 aliphatic rings. The van der Waals surface area contributed by atoms with Crippen LogP contribution in [-0.4, -0.2) is 54.7 Å². The van der Waals surface area contributed by atoms with Crippen LogP contribution in [0, 0.1) is 11.7 Å². The highest BCUT2D eigenvalue weighted by molar-refractivity contribution is 6.30. The second-order valence-corrected chi connectivity index (χ2v) is 7.86. The largest absolute Gasteiger partial charge is 0.385 e. The summed E-state index contributed by atoms with van der Waals surface area (Å²) in [5, 5.41) is 11.7. The summed E-state index contributed by atoms with van der Waals surface area (Å²) in [6.45, 7) is 5.15. The van der Waals surface area contributed by atoms with Gasteiger partial charge < -0.3 is 14.9 Å². The van der Waals surface area contributed by atoms with Crippen molar-refractivity contribution in [3.05, 3.63) is 34.6 Å². The zero-order valence-electron chi connectivity index (χ0n) is 14.5. The van der Waals surface area contributed by atoms with Crippen LogP contribution in [0.25, 0.3) is 0 Å². The third kappa shape index (κ3) is 3.93. The second-order valence-electron chi connectivity index (χ2n) is 7.45. The van der Waals surface area contributed by atoms with Crippen molar-refractivity contribution in [2.75, 3.05) is 39.8 Å². The lowest BCUT2D eigenvalue weighted by atomic mass is 9.77. The minimum atomic E-state index is -0.906. The Morgan fingerprint density at radius 3 is 2.67 bits per heavy atom. The Morgan fingerprint density at radius 1 is 1.21 bits per heavy atom. The second kappa shape index (κ2) is 7.69. The van der Waals surface area contributed by atoms with Crippen molar-refractivity contribution in [3.8, 4) is 0 Å². The smallest absolute Gasteiger partial charge is 0.141 e. The van der Waals surface area contributed by atoms with E-state index in [4.69, 9.17) is 11.6 Å². The van der Waals surface area contributed by atoms with Gasteiger partial charge in [-0.25, -0.2) is 4.39 Å². The number of likely N-dealkylation sites (N-methyl/N-ethyl adjacent to an activating group) is 1. The number of halogens is 2. The van der Waals surface area contributed by atoms with Gasteiger partial charge in [0.15, 0.2) is 0 Å². The summed E-state index contributed by atoms with van der Waals surface area (Å²) in [5.41, 5.74) is -0.132. The van der Waals surface area contributed by atoms with Gasteiger partial charge in [0.1, 0.15) is 5.82 Å². The van der Waals surface area contributed by atoms with Gasteiger partial charge in [0.05, 0.1) is 10.6 Å². The summed E-state index contributed by atoms with van der Waals surface area (Å²) in [5.74, 6) is -0.252. The number of aliphatic hydroxyl groups is 1. The van der Waals surface area contributed by atoms with Gasteiger partial charge in [-0.1, -0.05) is 36.9 Å². The van der Waals surface area contributed by atoms with Crippen molar-refractivity contribution in [2.45, 2.75) is 37.7 Å². The number of hydrogen-bond donors (Lipinski definition) is 1. The standard InChI is InChI=1S/C19H28ClFN2O/c1-22-9-11-23(12-10-22)14-16-5-3-2-4-8-19(16,24)15-6-7-18(21)17(20)13-15/h6-7,13,16,24H,2-5,8-12,14H2,1H3.